The molecule has 0 aliphatic heterocycles. The minimum atomic E-state index is -0.188. The molecule has 0 bridgehead atoms. The molecule has 0 aliphatic carbocycles. The summed E-state index contributed by atoms with van der Waals surface area (Å²) in [4.78, 5) is 2.31. The fraction of sp³-hybridized carbons (Fsp3) is 0.615. The third-order valence-corrected chi connectivity index (χ3v) is 4.27. The van der Waals surface area contributed by atoms with E-state index in [4.69, 9.17) is 5.26 Å². The molecule has 0 saturated carbocycles. The molecule has 1 aromatic heterocycles. The molecule has 1 rings (SSSR count). The van der Waals surface area contributed by atoms with Crippen LogP contribution in [0.5, 0.6) is 0 Å². The molecule has 4 heteroatoms. The third kappa shape index (κ3) is 5.67. The largest absolute Gasteiger partial charge is 0.302 e. The number of hydrogen-bond donors (Lipinski definition) is 0. The molecule has 0 amide bonds. The Hall–Kier alpha value is -0.370. The Morgan fingerprint density at radius 3 is 2.76 bits per heavy atom. The molecule has 17 heavy (non-hydrogen) atoms. The van der Waals surface area contributed by atoms with Gasteiger partial charge in [-0.05, 0) is 73.2 Å². The average molecular weight is 315 g/mol. The van der Waals surface area contributed by atoms with Crippen molar-refractivity contribution in [2.75, 3.05) is 13.6 Å². The van der Waals surface area contributed by atoms with Crippen LogP contribution in [0.25, 0.3) is 0 Å². The number of thiophene rings is 1. The first kappa shape index (κ1) is 14.7. The van der Waals surface area contributed by atoms with Gasteiger partial charge in [-0.3, -0.25) is 0 Å². The van der Waals surface area contributed by atoms with Crippen molar-refractivity contribution in [3.8, 4) is 6.07 Å². The van der Waals surface area contributed by atoms with Crippen molar-refractivity contribution in [1.29, 1.82) is 5.26 Å². The van der Waals surface area contributed by atoms with E-state index in [0.717, 1.165) is 25.9 Å². The summed E-state index contributed by atoms with van der Waals surface area (Å²) in [5, 5.41) is 11.1. The van der Waals surface area contributed by atoms with Gasteiger partial charge in [-0.1, -0.05) is 0 Å². The summed E-state index contributed by atoms with van der Waals surface area (Å²) in [5.41, 5.74) is 1.16. The van der Waals surface area contributed by atoms with Crippen LogP contribution < -0.4 is 0 Å². The first-order valence-electron chi connectivity index (χ1n) is 5.76. The minimum absolute atomic E-state index is 0.188. The van der Waals surface area contributed by atoms with Gasteiger partial charge in [0.05, 0.1) is 15.3 Å². The molecule has 0 saturated heterocycles. The number of nitriles is 1. The number of rotatable bonds is 6. The number of halogens is 1. The summed E-state index contributed by atoms with van der Waals surface area (Å²) in [6.45, 7) is 6.03. The van der Waals surface area contributed by atoms with Crippen molar-refractivity contribution >= 4 is 27.3 Å². The van der Waals surface area contributed by atoms with Crippen molar-refractivity contribution in [2.24, 2.45) is 5.41 Å². The van der Waals surface area contributed by atoms with E-state index in [9.17, 15) is 0 Å². The molecule has 0 aromatic carbocycles. The zero-order valence-electron chi connectivity index (χ0n) is 10.7. The normalized spacial score (nSPS) is 11.8. The second-order valence-corrected chi connectivity index (χ2v) is 7.39. The summed E-state index contributed by atoms with van der Waals surface area (Å²) in [7, 11) is 2.13. The maximum atomic E-state index is 8.93. The molecule has 1 aromatic rings. The molecule has 94 valence electrons. The molecule has 0 atom stereocenters. The molecule has 0 fully saturated rings. The summed E-state index contributed by atoms with van der Waals surface area (Å²) in [6, 6.07) is 4.51. The Morgan fingerprint density at radius 1 is 1.53 bits per heavy atom. The molecule has 0 spiro atoms. The Kier molecular flexibility index (Phi) is 5.64. The Balaban J connectivity index is 2.27. The van der Waals surface area contributed by atoms with Crippen LogP contribution in [0.3, 0.4) is 0 Å². The van der Waals surface area contributed by atoms with Crippen LogP contribution in [-0.2, 0) is 6.54 Å². The smallest absolute Gasteiger partial charge is 0.0701 e. The Labute approximate surface area is 116 Å². The number of nitrogens with zero attached hydrogens (tertiary/aromatic N) is 2. The predicted molar refractivity (Wildman–Crippen MR) is 77.0 cm³/mol. The van der Waals surface area contributed by atoms with E-state index >= 15 is 0 Å². The van der Waals surface area contributed by atoms with Crippen LogP contribution in [0, 0.1) is 16.7 Å². The first-order chi connectivity index (χ1) is 7.93. The topological polar surface area (TPSA) is 27.0 Å². The van der Waals surface area contributed by atoms with Gasteiger partial charge in [0.25, 0.3) is 0 Å². The molecule has 0 radical (unpaired) electrons. The van der Waals surface area contributed by atoms with E-state index in [0.29, 0.717) is 0 Å². The van der Waals surface area contributed by atoms with Crippen molar-refractivity contribution < 1.29 is 0 Å². The highest BCUT2D eigenvalue weighted by atomic mass is 79.9. The van der Waals surface area contributed by atoms with E-state index in [-0.39, 0.29) is 5.41 Å². The average Bonchev–Trinajstić information content (AvgIpc) is 2.63. The lowest BCUT2D eigenvalue weighted by atomic mass is 9.90. The van der Waals surface area contributed by atoms with Gasteiger partial charge in [-0.15, -0.1) is 11.3 Å². The SMILES string of the molecule is CN(CCCC(C)(C)C#N)Cc1csc(Br)c1. The second-order valence-electron chi connectivity index (χ2n) is 5.10. The van der Waals surface area contributed by atoms with Gasteiger partial charge in [0.15, 0.2) is 0 Å². The van der Waals surface area contributed by atoms with Crippen molar-refractivity contribution in [3.05, 3.63) is 20.8 Å². The quantitative estimate of drug-likeness (QED) is 0.784. The van der Waals surface area contributed by atoms with Gasteiger partial charge in [-0.25, -0.2) is 0 Å². The highest BCUT2D eigenvalue weighted by Crippen LogP contribution is 2.23. The van der Waals surface area contributed by atoms with Crippen LogP contribution >= 0.6 is 27.3 Å². The third-order valence-electron chi connectivity index (χ3n) is 2.72. The van der Waals surface area contributed by atoms with Gasteiger partial charge < -0.3 is 4.90 Å². The molecule has 0 unspecified atom stereocenters. The maximum Gasteiger partial charge on any atom is 0.0701 e. The molecule has 0 aliphatic rings. The second kappa shape index (κ2) is 6.53. The lowest BCUT2D eigenvalue weighted by Crippen LogP contribution is -2.20. The van der Waals surface area contributed by atoms with Crippen LogP contribution in [0.4, 0.5) is 0 Å². The number of hydrogen-bond acceptors (Lipinski definition) is 3. The molecular weight excluding hydrogens is 296 g/mol. The fourth-order valence-electron chi connectivity index (χ4n) is 1.67. The van der Waals surface area contributed by atoms with E-state index in [1.54, 1.807) is 11.3 Å². The summed E-state index contributed by atoms with van der Waals surface area (Å²) >= 11 is 5.20. The zero-order chi connectivity index (χ0) is 12.9. The lowest BCUT2D eigenvalue weighted by Gasteiger charge is -2.19. The van der Waals surface area contributed by atoms with E-state index in [1.165, 1.54) is 9.35 Å². The maximum absolute atomic E-state index is 8.93. The standard InChI is InChI=1S/C13H19BrN2S/c1-13(2,10-15)5-4-6-16(3)8-11-7-12(14)17-9-11/h7,9H,4-6,8H2,1-3H3. The predicted octanol–water partition coefficient (Wildman–Crippen LogP) is 4.27. The fourth-order valence-corrected chi connectivity index (χ4v) is 2.87. The van der Waals surface area contributed by atoms with Crippen molar-refractivity contribution in [1.82, 2.24) is 4.90 Å². The highest BCUT2D eigenvalue weighted by molar-refractivity contribution is 9.11. The van der Waals surface area contributed by atoms with Crippen LogP contribution in [0.2, 0.25) is 0 Å². The van der Waals surface area contributed by atoms with E-state index in [2.05, 4.69) is 45.4 Å². The minimum Gasteiger partial charge on any atom is -0.302 e. The van der Waals surface area contributed by atoms with Crippen LogP contribution in [0.15, 0.2) is 15.2 Å². The van der Waals surface area contributed by atoms with E-state index in [1.807, 2.05) is 13.8 Å². The van der Waals surface area contributed by atoms with Crippen LogP contribution in [-0.4, -0.2) is 18.5 Å². The Bertz CT molecular complexity index is 392. The lowest BCUT2D eigenvalue weighted by molar-refractivity contribution is 0.298. The molecular formula is C13H19BrN2S. The summed E-state index contributed by atoms with van der Waals surface area (Å²) in [6.07, 6.45) is 2.03. The first-order valence-corrected chi connectivity index (χ1v) is 7.43. The van der Waals surface area contributed by atoms with Gasteiger partial charge in [0.1, 0.15) is 0 Å². The monoisotopic (exact) mass is 314 g/mol. The molecule has 2 nitrogen and oxygen atoms in total. The zero-order valence-corrected chi connectivity index (χ0v) is 13.1. The van der Waals surface area contributed by atoms with E-state index < -0.39 is 0 Å². The Morgan fingerprint density at radius 2 is 2.24 bits per heavy atom. The van der Waals surface area contributed by atoms with Gasteiger partial charge in [-0.2, -0.15) is 5.26 Å². The molecule has 0 N–H and O–H groups in total. The summed E-state index contributed by atoms with van der Waals surface area (Å²) in [5.74, 6) is 0. The summed E-state index contributed by atoms with van der Waals surface area (Å²) < 4.78 is 1.19. The van der Waals surface area contributed by atoms with Gasteiger partial charge >= 0.3 is 0 Å². The molecule has 1 heterocycles. The van der Waals surface area contributed by atoms with Gasteiger partial charge in [0.2, 0.25) is 0 Å². The van der Waals surface area contributed by atoms with Crippen molar-refractivity contribution in [3.63, 3.8) is 0 Å². The van der Waals surface area contributed by atoms with Crippen molar-refractivity contribution in [2.45, 2.75) is 33.2 Å². The highest BCUT2D eigenvalue weighted by Gasteiger charge is 2.16. The van der Waals surface area contributed by atoms with Crippen LogP contribution in [0.1, 0.15) is 32.3 Å². The van der Waals surface area contributed by atoms with Gasteiger partial charge in [0, 0.05) is 6.54 Å².